The topological polar surface area (TPSA) is 89.8 Å². The summed E-state index contributed by atoms with van der Waals surface area (Å²) < 4.78 is 13.4. The molecule has 0 N–H and O–H groups in total. The molecule has 9 heteroatoms. The maximum absolute atomic E-state index is 14.0. The number of benzene rings is 2. The van der Waals surface area contributed by atoms with Crippen LogP contribution in [0.1, 0.15) is 62.2 Å². The Morgan fingerprint density at radius 3 is 2.27 bits per heavy atom. The van der Waals surface area contributed by atoms with Crippen LogP contribution in [0.5, 0.6) is 5.75 Å². The van der Waals surface area contributed by atoms with Gasteiger partial charge in [-0.15, -0.1) is 0 Å². The zero-order chi connectivity index (χ0) is 31.4. The van der Waals surface area contributed by atoms with Crippen LogP contribution in [0, 0.1) is 0 Å². The highest BCUT2D eigenvalue weighted by Crippen LogP contribution is 2.37. The average molecular weight is 596 g/mol. The number of pyridine rings is 1. The second kappa shape index (κ2) is 12.9. The summed E-state index contributed by atoms with van der Waals surface area (Å²) in [7, 11) is 1.68. The minimum atomic E-state index is -0.587. The lowest BCUT2D eigenvalue weighted by Crippen LogP contribution is -2.45. The van der Waals surface area contributed by atoms with E-state index in [-0.39, 0.29) is 5.91 Å². The maximum atomic E-state index is 14.0. The predicted molar refractivity (Wildman–Crippen MR) is 171 cm³/mol. The van der Waals surface area contributed by atoms with Crippen LogP contribution in [0.4, 0.5) is 4.79 Å². The first-order valence-corrected chi connectivity index (χ1v) is 15.1. The summed E-state index contributed by atoms with van der Waals surface area (Å²) in [6.07, 6.45) is 3.04. The fourth-order valence-corrected chi connectivity index (χ4v) is 5.09. The molecule has 2 amide bonds. The summed E-state index contributed by atoms with van der Waals surface area (Å²) >= 11 is 0. The largest absolute Gasteiger partial charge is 0.489 e. The molecule has 1 aliphatic heterocycles. The Labute approximate surface area is 259 Å². The van der Waals surface area contributed by atoms with E-state index in [9.17, 15) is 9.59 Å². The third-order valence-electron chi connectivity index (χ3n) is 7.58. The van der Waals surface area contributed by atoms with E-state index in [2.05, 4.69) is 43.1 Å². The van der Waals surface area contributed by atoms with Crippen molar-refractivity contribution in [3.63, 3.8) is 0 Å². The maximum Gasteiger partial charge on any atom is 0.410 e. The third-order valence-corrected chi connectivity index (χ3v) is 7.58. The van der Waals surface area contributed by atoms with Crippen molar-refractivity contribution in [3.05, 3.63) is 89.9 Å². The van der Waals surface area contributed by atoms with Crippen molar-refractivity contribution in [2.45, 2.75) is 59.3 Å². The minimum Gasteiger partial charge on any atom is -0.489 e. The lowest BCUT2D eigenvalue weighted by molar-refractivity contribution is 0.0273. The zero-order valence-electron chi connectivity index (χ0n) is 26.4. The molecule has 2 aromatic heterocycles. The fraction of sp³-hybridized carbons (Fsp3) is 0.371. The monoisotopic (exact) mass is 595 g/mol. The Hall–Kier alpha value is -4.66. The van der Waals surface area contributed by atoms with E-state index in [0.29, 0.717) is 44.4 Å². The molecule has 0 fully saturated rings. The number of carbonyl (C=O) groups excluding carboxylic acids is 2. The highest BCUT2D eigenvalue weighted by atomic mass is 16.6. The van der Waals surface area contributed by atoms with E-state index >= 15 is 0 Å². The SMILES string of the molecule is CC(C)c1ccc(COc2ccc(-c3c(-c4ccncc4)nn4c3C(=O)N(CCN(C)C(=O)OC(C)(C)C)CC4)cc2)cc1. The van der Waals surface area contributed by atoms with E-state index in [0.717, 1.165) is 33.7 Å². The molecule has 0 saturated heterocycles. The molecule has 1 aliphatic rings. The van der Waals surface area contributed by atoms with Gasteiger partial charge in [-0.05, 0) is 67.6 Å². The van der Waals surface area contributed by atoms with Crippen molar-refractivity contribution in [3.8, 4) is 28.1 Å². The van der Waals surface area contributed by atoms with Crippen LogP contribution < -0.4 is 4.74 Å². The highest BCUT2D eigenvalue weighted by Gasteiger charge is 2.33. The minimum absolute atomic E-state index is 0.123. The summed E-state index contributed by atoms with van der Waals surface area (Å²) in [4.78, 5) is 33.9. The molecule has 4 aromatic rings. The molecule has 0 aliphatic carbocycles. The molecule has 0 unspecified atom stereocenters. The number of hydrogen-bond acceptors (Lipinski definition) is 6. The van der Waals surface area contributed by atoms with Gasteiger partial charge in [0.05, 0.1) is 6.54 Å². The number of hydrogen-bond donors (Lipinski definition) is 0. The predicted octanol–water partition coefficient (Wildman–Crippen LogP) is 6.64. The van der Waals surface area contributed by atoms with Crippen molar-refractivity contribution in [2.24, 2.45) is 0 Å². The van der Waals surface area contributed by atoms with Crippen molar-refractivity contribution >= 4 is 12.0 Å². The van der Waals surface area contributed by atoms with Crippen LogP contribution in [0.15, 0.2) is 73.1 Å². The summed E-state index contributed by atoms with van der Waals surface area (Å²) in [5.74, 6) is 1.11. The summed E-state index contributed by atoms with van der Waals surface area (Å²) in [6.45, 7) is 12.1. The molecular weight excluding hydrogens is 554 g/mol. The first-order chi connectivity index (χ1) is 21.0. The van der Waals surface area contributed by atoms with Crippen LogP contribution >= 0.6 is 0 Å². The molecule has 0 spiro atoms. The molecule has 0 saturated carbocycles. The molecule has 0 atom stereocenters. The molecule has 0 radical (unpaired) electrons. The summed E-state index contributed by atoms with van der Waals surface area (Å²) in [5, 5.41) is 4.89. The van der Waals surface area contributed by atoms with Crippen molar-refractivity contribution in [1.82, 2.24) is 24.6 Å². The van der Waals surface area contributed by atoms with Gasteiger partial charge in [-0.1, -0.05) is 50.2 Å². The molecule has 9 nitrogen and oxygen atoms in total. The smallest absolute Gasteiger partial charge is 0.410 e. The van der Waals surface area contributed by atoms with E-state index in [4.69, 9.17) is 14.6 Å². The highest BCUT2D eigenvalue weighted by molar-refractivity contribution is 6.03. The number of aromatic nitrogens is 3. The number of fused-ring (bicyclic) bond motifs is 1. The van der Waals surface area contributed by atoms with Crippen molar-refractivity contribution in [1.29, 1.82) is 0 Å². The Bertz CT molecular complexity index is 1590. The van der Waals surface area contributed by atoms with Gasteiger partial charge in [0.25, 0.3) is 5.91 Å². The van der Waals surface area contributed by atoms with Gasteiger partial charge in [-0.25, -0.2) is 4.79 Å². The molecule has 230 valence electrons. The van der Waals surface area contributed by atoms with Crippen LogP contribution in [0.3, 0.4) is 0 Å². The number of carbonyl (C=O) groups is 2. The molecular formula is C35H41N5O4. The van der Waals surface area contributed by atoms with Crippen LogP contribution in [-0.2, 0) is 17.9 Å². The molecule has 3 heterocycles. The van der Waals surface area contributed by atoms with E-state index < -0.39 is 11.7 Å². The summed E-state index contributed by atoms with van der Waals surface area (Å²) in [6, 6.07) is 20.1. The number of likely N-dealkylation sites (N-methyl/N-ethyl adjacent to an activating group) is 1. The Balaban J connectivity index is 1.37. The van der Waals surface area contributed by atoms with Crippen molar-refractivity contribution in [2.75, 3.05) is 26.7 Å². The Kier molecular flexibility index (Phi) is 9.04. The van der Waals surface area contributed by atoms with E-state index in [1.54, 1.807) is 29.0 Å². The normalized spacial score (nSPS) is 13.2. The lowest BCUT2D eigenvalue weighted by Gasteiger charge is -2.30. The van der Waals surface area contributed by atoms with Crippen LogP contribution in [0.25, 0.3) is 22.4 Å². The van der Waals surface area contributed by atoms with Gasteiger partial charge in [0.15, 0.2) is 0 Å². The standard InChI is InChI=1S/C35H41N5O4/c1-24(2)26-9-7-25(8-10-26)23-43-29-13-11-27(12-14-29)30-31(28-15-17-36-18-16-28)37-40-22-21-39(33(41)32(30)40)20-19-38(6)34(42)44-35(3,4)5/h7-18,24H,19-23H2,1-6H3. The van der Waals surface area contributed by atoms with Crippen LogP contribution in [0.2, 0.25) is 0 Å². The first-order valence-electron chi connectivity index (χ1n) is 15.1. The lowest BCUT2D eigenvalue weighted by atomic mass is 9.98. The van der Waals surface area contributed by atoms with E-state index in [1.807, 2.05) is 57.2 Å². The van der Waals surface area contributed by atoms with Crippen LogP contribution in [-0.4, -0.2) is 68.8 Å². The first kappa shape index (κ1) is 30.8. The molecule has 5 rings (SSSR count). The number of ether oxygens (including phenoxy) is 2. The Morgan fingerprint density at radius 1 is 0.955 bits per heavy atom. The molecule has 0 bridgehead atoms. The van der Waals surface area contributed by atoms with Gasteiger partial charge in [0, 0.05) is 50.2 Å². The van der Waals surface area contributed by atoms with Gasteiger partial charge in [-0.2, -0.15) is 5.10 Å². The number of amides is 2. The average Bonchev–Trinajstić information content (AvgIpc) is 3.40. The number of rotatable bonds is 9. The second-order valence-electron chi connectivity index (χ2n) is 12.4. The number of nitrogens with zero attached hydrogens (tertiary/aromatic N) is 5. The fourth-order valence-electron chi connectivity index (χ4n) is 5.09. The van der Waals surface area contributed by atoms with Gasteiger partial charge >= 0.3 is 6.09 Å². The molecule has 2 aromatic carbocycles. The van der Waals surface area contributed by atoms with E-state index in [1.165, 1.54) is 10.5 Å². The zero-order valence-corrected chi connectivity index (χ0v) is 26.4. The quantitative estimate of drug-likeness (QED) is 0.216. The van der Waals surface area contributed by atoms with Gasteiger partial charge in [-0.3, -0.25) is 14.5 Å². The van der Waals surface area contributed by atoms with Gasteiger partial charge in [0.1, 0.15) is 29.3 Å². The second-order valence-corrected chi connectivity index (χ2v) is 12.4. The van der Waals surface area contributed by atoms with Crippen molar-refractivity contribution < 1.29 is 19.1 Å². The molecule has 44 heavy (non-hydrogen) atoms. The van der Waals surface area contributed by atoms with Gasteiger partial charge in [0.2, 0.25) is 0 Å². The third kappa shape index (κ3) is 7.10. The Morgan fingerprint density at radius 2 is 1.64 bits per heavy atom. The van der Waals surface area contributed by atoms with Gasteiger partial charge < -0.3 is 19.3 Å². The summed E-state index contributed by atoms with van der Waals surface area (Å²) in [5.41, 5.74) is 5.59.